The first-order valence-corrected chi connectivity index (χ1v) is 6.93. The van der Waals surface area contributed by atoms with Crippen molar-refractivity contribution in [3.63, 3.8) is 0 Å². The van der Waals surface area contributed by atoms with Crippen molar-refractivity contribution in [1.82, 2.24) is 0 Å². The zero-order valence-electron chi connectivity index (χ0n) is 11.5. The summed E-state index contributed by atoms with van der Waals surface area (Å²) in [6, 6.07) is 1.65. The standard InChI is InChI=1S/C15H17F3O3/c16-12-7-11(8-13(17)15(12)18)9-21-14(19)2-1-10-3-5-20-6-4-10/h7-8,10H,1-6,9H2. The van der Waals surface area contributed by atoms with Crippen LogP contribution < -0.4 is 0 Å². The molecule has 1 fully saturated rings. The second-order valence-corrected chi connectivity index (χ2v) is 5.13. The molecule has 0 N–H and O–H groups in total. The minimum absolute atomic E-state index is 0.0887. The number of hydrogen-bond donors (Lipinski definition) is 0. The van der Waals surface area contributed by atoms with E-state index in [-0.39, 0.29) is 18.6 Å². The molecule has 0 radical (unpaired) electrons. The van der Waals surface area contributed by atoms with Gasteiger partial charge in [0, 0.05) is 19.6 Å². The minimum Gasteiger partial charge on any atom is -0.461 e. The van der Waals surface area contributed by atoms with Crippen LogP contribution >= 0.6 is 0 Å². The fourth-order valence-electron chi connectivity index (χ4n) is 2.28. The van der Waals surface area contributed by atoms with Crippen LogP contribution in [0.3, 0.4) is 0 Å². The second kappa shape index (κ2) is 7.45. The van der Waals surface area contributed by atoms with Crippen LogP contribution in [0.4, 0.5) is 13.2 Å². The molecule has 0 aromatic heterocycles. The minimum atomic E-state index is -1.52. The van der Waals surface area contributed by atoms with Gasteiger partial charge in [-0.25, -0.2) is 13.2 Å². The van der Waals surface area contributed by atoms with Gasteiger partial charge >= 0.3 is 5.97 Å². The van der Waals surface area contributed by atoms with Crippen molar-refractivity contribution in [2.75, 3.05) is 13.2 Å². The van der Waals surface area contributed by atoms with Gasteiger partial charge in [-0.3, -0.25) is 4.79 Å². The average Bonchev–Trinajstić information content (AvgIpc) is 2.49. The Labute approximate surface area is 121 Å². The summed E-state index contributed by atoms with van der Waals surface area (Å²) in [5, 5.41) is 0. The van der Waals surface area contributed by atoms with E-state index in [1.54, 1.807) is 0 Å². The van der Waals surface area contributed by atoms with Crippen molar-refractivity contribution < 1.29 is 27.4 Å². The lowest BCUT2D eigenvalue weighted by Gasteiger charge is -2.21. The molecular weight excluding hydrogens is 285 g/mol. The van der Waals surface area contributed by atoms with Crippen molar-refractivity contribution in [1.29, 1.82) is 0 Å². The fourth-order valence-corrected chi connectivity index (χ4v) is 2.28. The smallest absolute Gasteiger partial charge is 0.306 e. The molecule has 1 heterocycles. The monoisotopic (exact) mass is 302 g/mol. The highest BCUT2D eigenvalue weighted by Gasteiger charge is 2.16. The van der Waals surface area contributed by atoms with Gasteiger partial charge in [-0.2, -0.15) is 0 Å². The number of benzene rings is 1. The van der Waals surface area contributed by atoms with Gasteiger partial charge in [-0.05, 0) is 42.9 Å². The van der Waals surface area contributed by atoms with E-state index in [2.05, 4.69) is 0 Å². The second-order valence-electron chi connectivity index (χ2n) is 5.13. The molecule has 1 aromatic carbocycles. The van der Waals surface area contributed by atoms with E-state index in [0.29, 0.717) is 25.6 Å². The summed E-state index contributed by atoms with van der Waals surface area (Å²) in [7, 11) is 0. The molecule has 0 unspecified atom stereocenters. The van der Waals surface area contributed by atoms with Crippen LogP contribution in [0.15, 0.2) is 12.1 Å². The molecule has 2 rings (SSSR count). The number of ether oxygens (including phenoxy) is 2. The summed E-state index contributed by atoms with van der Waals surface area (Å²) < 4.78 is 48.9. The number of esters is 1. The summed E-state index contributed by atoms with van der Waals surface area (Å²) in [4.78, 5) is 11.6. The number of halogens is 3. The van der Waals surface area contributed by atoms with Gasteiger partial charge in [0.05, 0.1) is 0 Å². The molecule has 3 nitrogen and oxygen atoms in total. The summed E-state index contributed by atoms with van der Waals surface area (Å²) >= 11 is 0. The lowest BCUT2D eigenvalue weighted by atomic mass is 9.95. The van der Waals surface area contributed by atoms with E-state index in [0.717, 1.165) is 25.0 Å². The molecule has 1 aliphatic rings. The Balaban J connectivity index is 1.75. The Bertz CT molecular complexity index is 476. The molecule has 0 amide bonds. The van der Waals surface area contributed by atoms with E-state index in [1.807, 2.05) is 0 Å². The normalized spacial score (nSPS) is 16.0. The van der Waals surface area contributed by atoms with Gasteiger partial charge in [0.15, 0.2) is 17.5 Å². The summed E-state index contributed by atoms with van der Waals surface area (Å²) in [5.41, 5.74) is 0.0887. The first-order chi connectivity index (χ1) is 10.1. The molecule has 1 aromatic rings. The van der Waals surface area contributed by atoms with E-state index < -0.39 is 23.4 Å². The van der Waals surface area contributed by atoms with Gasteiger partial charge < -0.3 is 9.47 Å². The SMILES string of the molecule is O=C(CCC1CCOCC1)OCc1cc(F)c(F)c(F)c1. The molecule has 6 heteroatoms. The van der Waals surface area contributed by atoms with E-state index in [4.69, 9.17) is 9.47 Å². The number of rotatable bonds is 5. The van der Waals surface area contributed by atoms with Crippen LogP contribution in [0.1, 0.15) is 31.2 Å². The van der Waals surface area contributed by atoms with Gasteiger partial charge in [0.25, 0.3) is 0 Å². The van der Waals surface area contributed by atoms with Gasteiger partial charge in [0.1, 0.15) is 6.61 Å². The molecule has 0 bridgehead atoms. The van der Waals surface area contributed by atoms with E-state index in [1.165, 1.54) is 0 Å². The Morgan fingerprint density at radius 1 is 1.19 bits per heavy atom. The summed E-state index contributed by atoms with van der Waals surface area (Å²) in [6.45, 7) is 1.17. The molecular formula is C15H17F3O3. The third-order valence-electron chi connectivity index (χ3n) is 3.54. The number of carbonyl (C=O) groups is 1. The quantitative estimate of drug-likeness (QED) is 0.618. The molecule has 0 atom stereocenters. The zero-order chi connectivity index (χ0) is 15.2. The summed E-state index contributed by atoms with van der Waals surface area (Å²) in [6.07, 6.45) is 2.84. The van der Waals surface area contributed by atoms with Crippen molar-refractivity contribution >= 4 is 5.97 Å². The van der Waals surface area contributed by atoms with Crippen LogP contribution in [0, 0.1) is 23.4 Å². The maximum absolute atomic E-state index is 13.0. The Hall–Kier alpha value is -1.56. The highest BCUT2D eigenvalue weighted by Crippen LogP contribution is 2.20. The number of hydrogen-bond acceptors (Lipinski definition) is 3. The highest BCUT2D eigenvalue weighted by atomic mass is 19.2. The average molecular weight is 302 g/mol. The lowest BCUT2D eigenvalue weighted by Crippen LogP contribution is -2.17. The van der Waals surface area contributed by atoms with Gasteiger partial charge in [-0.1, -0.05) is 0 Å². The Morgan fingerprint density at radius 2 is 1.81 bits per heavy atom. The largest absolute Gasteiger partial charge is 0.461 e. The first-order valence-electron chi connectivity index (χ1n) is 6.93. The van der Waals surface area contributed by atoms with E-state index >= 15 is 0 Å². The molecule has 0 aliphatic carbocycles. The first kappa shape index (κ1) is 15.8. The molecule has 21 heavy (non-hydrogen) atoms. The van der Waals surface area contributed by atoms with Crippen LogP contribution in [-0.2, 0) is 20.9 Å². The topological polar surface area (TPSA) is 35.5 Å². The third kappa shape index (κ3) is 4.74. The van der Waals surface area contributed by atoms with Crippen molar-refractivity contribution in [2.45, 2.75) is 32.3 Å². The predicted octanol–water partition coefficient (Wildman–Crippen LogP) is 3.35. The molecule has 116 valence electrons. The van der Waals surface area contributed by atoms with Gasteiger partial charge in [-0.15, -0.1) is 0 Å². The molecule has 0 spiro atoms. The number of carbonyl (C=O) groups excluding carboxylic acids is 1. The fraction of sp³-hybridized carbons (Fsp3) is 0.533. The van der Waals surface area contributed by atoms with Crippen LogP contribution in [-0.4, -0.2) is 19.2 Å². The molecule has 0 saturated carbocycles. The maximum atomic E-state index is 13.0. The van der Waals surface area contributed by atoms with Crippen LogP contribution in [0.25, 0.3) is 0 Å². The lowest BCUT2D eigenvalue weighted by molar-refractivity contribution is -0.145. The Kier molecular flexibility index (Phi) is 5.61. The zero-order valence-corrected chi connectivity index (χ0v) is 11.5. The van der Waals surface area contributed by atoms with Crippen molar-refractivity contribution in [3.8, 4) is 0 Å². The van der Waals surface area contributed by atoms with Crippen molar-refractivity contribution in [2.24, 2.45) is 5.92 Å². The summed E-state index contributed by atoms with van der Waals surface area (Å²) in [5.74, 6) is -4.07. The van der Waals surface area contributed by atoms with Gasteiger partial charge in [0.2, 0.25) is 0 Å². The molecule has 1 saturated heterocycles. The maximum Gasteiger partial charge on any atom is 0.306 e. The molecule has 1 aliphatic heterocycles. The third-order valence-corrected chi connectivity index (χ3v) is 3.54. The highest BCUT2D eigenvalue weighted by molar-refractivity contribution is 5.69. The van der Waals surface area contributed by atoms with E-state index in [9.17, 15) is 18.0 Å². The van der Waals surface area contributed by atoms with Crippen molar-refractivity contribution in [3.05, 3.63) is 35.1 Å². The Morgan fingerprint density at radius 3 is 2.43 bits per heavy atom. The van der Waals surface area contributed by atoms with Crippen LogP contribution in [0.2, 0.25) is 0 Å². The predicted molar refractivity (Wildman–Crippen MR) is 68.9 cm³/mol. The van der Waals surface area contributed by atoms with Crippen LogP contribution in [0.5, 0.6) is 0 Å².